The van der Waals surface area contributed by atoms with Crippen LogP contribution >= 0.6 is 11.3 Å². The lowest BCUT2D eigenvalue weighted by molar-refractivity contribution is 0.736. The first-order chi connectivity index (χ1) is 5.83. The van der Waals surface area contributed by atoms with E-state index >= 15 is 0 Å². The van der Waals surface area contributed by atoms with Crippen LogP contribution < -0.4 is 5.56 Å². The summed E-state index contributed by atoms with van der Waals surface area (Å²) in [5.74, 6) is 0. The third-order valence-corrected chi connectivity index (χ3v) is 2.84. The van der Waals surface area contributed by atoms with Crippen molar-refractivity contribution in [2.24, 2.45) is 0 Å². The summed E-state index contributed by atoms with van der Waals surface area (Å²) in [6, 6.07) is 3.96. The summed E-state index contributed by atoms with van der Waals surface area (Å²) in [7, 11) is 0. The van der Waals surface area contributed by atoms with Gasteiger partial charge < -0.3 is 4.57 Å². The minimum absolute atomic E-state index is 0.130. The molecule has 0 atom stereocenters. The zero-order valence-electron chi connectivity index (χ0n) is 6.78. The Morgan fingerprint density at radius 2 is 2.33 bits per heavy atom. The molecule has 0 unspecified atom stereocenters. The molecule has 0 aromatic carbocycles. The summed E-state index contributed by atoms with van der Waals surface area (Å²) in [4.78, 5) is 11.6. The Kier molecular flexibility index (Phi) is 1.73. The second-order valence-corrected chi connectivity index (χ2v) is 3.53. The van der Waals surface area contributed by atoms with Crippen molar-refractivity contribution in [2.75, 3.05) is 0 Å². The predicted octanol–water partition coefficient (Wildman–Crippen LogP) is 2.08. The monoisotopic (exact) mass is 179 g/mol. The van der Waals surface area contributed by atoms with Gasteiger partial charge in [-0.2, -0.15) is 0 Å². The van der Waals surface area contributed by atoms with E-state index in [2.05, 4.69) is 0 Å². The maximum atomic E-state index is 11.6. The van der Waals surface area contributed by atoms with E-state index in [-0.39, 0.29) is 5.56 Å². The van der Waals surface area contributed by atoms with Crippen molar-refractivity contribution in [3.8, 4) is 0 Å². The van der Waals surface area contributed by atoms with Gasteiger partial charge in [-0.3, -0.25) is 4.79 Å². The summed E-state index contributed by atoms with van der Waals surface area (Å²) in [6.07, 6.45) is 1.84. The third kappa shape index (κ3) is 0.975. The first kappa shape index (κ1) is 7.55. The molecule has 62 valence electrons. The highest BCUT2D eigenvalue weighted by Gasteiger charge is 2.00. The lowest BCUT2D eigenvalue weighted by atomic mass is 10.3. The number of aryl methyl sites for hydroxylation is 1. The van der Waals surface area contributed by atoms with Crippen molar-refractivity contribution in [3.63, 3.8) is 0 Å². The molecule has 2 nitrogen and oxygen atoms in total. The molecule has 0 saturated carbocycles. The molecule has 0 fully saturated rings. The minimum atomic E-state index is 0.130. The van der Waals surface area contributed by atoms with Crippen LogP contribution in [0.15, 0.2) is 28.5 Å². The van der Waals surface area contributed by atoms with Crippen LogP contribution in [0.3, 0.4) is 0 Å². The quantitative estimate of drug-likeness (QED) is 0.657. The molecule has 2 aromatic heterocycles. The van der Waals surface area contributed by atoms with Gasteiger partial charge >= 0.3 is 0 Å². The Bertz CT molecular complexity index is 455. The summed E-state index contributed by atoms with van der Waals surface area (Å²) >= 11 is 1.51. The van der Waals surface area contributed by atoms with Crippen LogP contribution in [-0.2, 0) is 6.54 Å². The Balaban J connectivity index is 2.88. The molecule has 0 bridgehead atoms. The van der Waals surface area contributed by atoms with Crippen LogP contribution in [0.5, 0.6) is 0 Å². The number of rotatable bonds is 1. The number of fused-ring (bicyclic) bond motifs is 1. The zero-order valence-corrected chi connectivity index (χ0v) is 7.60. The Labute approximate surface area is 74.1 Å². The normalized spacial score (nSPS) is 10.8. The van der Waals surface area contributed by atoms with E-state index < -0.39 is 0 Å². The molecular formula is C9H9NOS. The highest BCUT2D eigenvalue weighted by Crippen LogP contribution is 2.15. The van der Waals surface area contributed by atoms with Gasteiger partial charge in [-0.1, -0.05) is 0 Å². The molecule has 2 rings (SSSR count). The molecule has 0 radical (unpaired) electrons. The van der Waals surface area contributed by atoms with Crippen LogP contribution in [0.4, 0.5) is 0 Å². The fourth-order valence-corrected chi connectivity index (χ4v) is 2.08. The SMILES string of the molecule is CCn1ccc2ccsc2c1=O. The van der Waals surface area contributed by atoms with Crippen LogP contribution in [0.2, 0.25) is 0 Å². The fraction of sp³-hybridized carbons (Fsp3) is 0.222. The van der Waals surface area contributed by atoms with Crippen LogP contribution in [0.25, 0.3) is 10.1 Å². The number of aromatic nitrogens is 1. The molecule has 2 heterocycles. The predicted molar refractivity (Wildman–Crippen MR) is 51.8 cm³/mol. The van der Waals surface area contributed by atoms with Crippen LogP contribution in [0.1, 0.15) is 6.92 Å². The second-order valence-electron chi connectivity index (χ2n) is 2.61. The average molecular weight is 179 g/mol. The summed E-state index contributed by atoms with van der Waals surface area (Å²) in [6.45, 7) is 2.72. The van der Waals surface area contributed by atoms with E-state index in [0.717, 1.165) is 16.6 Å². The second kappa shape index (κ2) is 2.75. The lowest BCUT2D eigenvalue weighted by Crippen LogP contribution is -2.16. The largest absolute Gasteiger partial charge is 0.315 e. The molecule has 0 spiro atoms. The fourth-order valence-electron chi connectivity index (χ4n) is 1.24. The number of pyridine rings is 1. The molecule has 0 N–H and O–H groups in total. The number of hydrogen-bond donors (Lipinski definition) is 0. The average Bonchev–Trinajstić information content (AvgIpc) is 2.53. The lowest BCUT2D eigenvalue weighted by Gasteiger charge is -1.99. The van der Waals surface area contributed by atoms with E-state index in [1.165, 1.54) is 11.3 Å². The standard InChI is InChI=1S/C9H9NOS/c1-2-10-5-3-7-4-6-12-8(7)9(10)11/h3-6H,2H2,1H3. The minimum Gasteiger partial charge on any atom is -0.315 e. The Morgan fingerprint density at radius 1 is 1.50 bits per heavy atom. The van der Waals surface area contributed by atoms with Crippen molar-refractivity contribution in [2.45, 2.75) is 13.5 Å². The molecule has 0 aliphatic rings. The van der Waals surface area contributed by atoms with E-state index in [4.69, 9.17) is 0 Å². The topological polar surface area (TPSA) is 22.0 Å². The molecular weight excluding hydrogens is 170 g/mol. The van der Waals surface area contributed by atoms with E-state index in [0.29, 0.717) is 0 Å². The summed E-state index contributed by atoms with van der Waals surface area (Å²) in [5.41, 5.74) is 0.130. The first-order valence-electron chi connectivity index (χ1n) is 3.89. The van der Waals surface area contributed by atoms with Crippen molar-refractivity contribution >= 4 is 21.4 Å². The van der Waals surface area contributed by atoms with Gasteiger partial charge in [-0.15, -0.1) is 11.3 Å². The van der Waals surface area contributed by atoms with Crippen molar-refractivity contribution < 1.29 is 0 Å². The summed E-state index contributed by atoms with van der Waals surface area (Å²) in [5, 5.41) is 3.00. The van der Waals surface area contributed by atoms with Gasteiger partial charge in [0.1, 0.15) is 0 Å². The van der Waals surface area contributed by atoms with Gasteiger partial charge in [0.2, 0.25) is 0 Å². The maximum Gasteiger partial charge on any atom is 0.268 e. The number of thiophene rings is 1. The molecule has 0 amide bonds. The van der Waals surface area contributed by atoms with Crippen LogP contribution in [-0.4, -0.2) is 4.57 Å². The van der Waals surface area contributed by atoms with E-state index in [9.17, 15) is 4.79 Å². The molecule has 0 aliphatic heterocycles. The smallest absolute Gasteiger partial charge is 0.268 e. The Morgan fingerprint density at radius 3 is 3.08 bits per heavy atom. The highest BCUT2D eigenvalue weighted by atomic mass is 32.1. The summed E-state index contributed by atoms with van der Waals surface area (Å²) < 4.78 is 2.58. The number of hydrogen-bond acceptors (Lipinski definition) is 2. The van der Waals surface area contributed by atoms with Gasteiger partial charge in [0.15, 0.2) is 0 Å². The van der Waals surface area contributed by atoms with Crippen molar-refractivity contribution in [3.05, 3.63) is 34.1 Å². The Hall–Kier alpha value is -1.09. The molecule has 0 saturated heterocycles. The van der Waals surface area contributed by atoms with E-state index in [1.807, 2.05) is 30.6 Å². The molecule has 2 aromatic rings. The molecule has 12 heavy (non-hydrogen) atoms. The first-order valence-corrected chi connectivity index (χ1v) is 4.77. The van der Waals surface area contributed by atoms with E-state index in [1.54, 1.807) is 4.57 Å². The van der Waals surface area contributed by atoms with Crippen molar-refractivity contribution in [1.29, 1.82) is 0 Å². The van der Waals surface area contributed by atoms with Gasteiger partial charge in [-0.05, 0) is 29.8 Å². The maximum absolute atomic E-state index is 11.6. The van der Waals surface area contributed by atoms with Crippen LogP contribution in [0, 0.1) is 0 Å². The number of nitrogens with zero attached hydrogens (tertiary/aromatic N) is 1. The van der Waals surface area contributed by atoms with Gasteiger partial charge in [-0.25, -0.2) is 0 Å². The molecule has 0 aliphatic carbocycles. The molecule has 3 heteroatoms. The highest BCUT2D eigenvalue weighted by molar-refractivity contribution is 7.17. The van der Waals surface area contributed by atoms with Gasteiger partial charge in [0.05, 0.1) is 4.70 Å². The van der Waals surface area contributed by atoms with Crippen molar-refractivity contribution in [1.82, 2.24) is 4.57 Å². The van der Waals surface area contributed by atoms with Gasteiger partial charge in [0, 0.05) is 12.7 Å². The van der Waals surface area contributed by atoms with Gasteiger partial charge in [0.25, 0.3) is 5.56 Å². The third-order valence-electron chi connectivity index (χ3n) is 1.93. The zero-order chi connectivity index (χ0) is 8.55.